The van der Waals surface area contributed by atoms with Crippen LogP contribution in [0.3, 0.4) is 0 Å². The minimum atomic E-state index is 0.676. The number of benzene rings is 2. The van der Waals surface area contributed by atoms with Crippen LogP contribution in [0.5, 0.6) is 0 Å². The third kappa shape index (κ3) is 2.81. The summed E-state index contributed by atoms with van der Waals surface area (Å²) in [7, 11) is 0. The monoisotopic (exact) mass is 350 g/mol. The van der Waals surface area contributed by atoms with E-state index in [1.54, 1.807) is 0 Å². The molecule has 0 fully saturated rings. The number of hydrogen-bond donors (Lipinski definition) is 1. The molecule has 0 atom stereocenters. The molecule has 20 heavy (non-hydrogen) atoms. The molecule has 0 amide bonds. The fraction of sp³-hybridized carbons (Fsp3) is 0.133. The summed E-state index contributed by atoms with van der Waals surface area (Å²) in [4.78, 5) is 4.32. The van der Waals surface area contributed by atoms with Crippen LogP contribution in [0.15, 0.2) is 45.3 Å². The van der Waals surface area contributed by atoms with Gasteiger partial charge in [0.1, 0.15) is 5.52 Å². The van der Waals surface area contributed by atoms with Gasteiger partial charge in [-0.3, -0.25) is 0 Å². The molecule has 3 nitrogen and oxygen atoms in total. The molecule has 0 radical (unpaired) electrons. The summed E-state index contributed by atoms with van der Waals surface area (Å²) >= 11 is 9.53. The Morgan fingerprint density at radius 3 is 2.95 bits per heavy atom. The number of fused-ring (bicyclic) bond motifs is 1. The van der Waals surface area contributed by atoms with Gasteiger partial charge in [-0.1, -0.05) is 27.5 Å². The highest BCUT2D eigenvalue weighted by atomic mass is 79.9. The lowest BCUT2D eigenvalue weighted by molar-refractivity contribution is 0.561. The molecule has 102 valence electrons. The molecular formula is C15H12BrClN2O. The number of nitrogens with zero attached hydrogens (tertiary/aromatic N) is 1. The maximum absolute atomic E-state index is 6.01. The summed E-state index contributed by atoms with van der Waals surface area (Å²) in [6.45, 7) is 2.53. The molecule has 1 aromatic heterocycles. The summed E-state index contributed by atoms with van der Waals surface area (Å²) in [5, 5.41) is 4.09. The van der Waals surface area contributed by atoms with Crippen LogP contribution in [0.4, 0.5) is 5.69 Å². The first-order valence-electron chi connectivity index (χ1n) is 6.17. The third-order valence-corrected chi connectivity index (χ3v) is 3.99. The van der Waals surface area contributed by atoms with Crippen LogP contribution in [-0.4, -0.2) is 4.98 Å². The highest BCUT2D eigenvalue weighted by molar-refractivity contribution is 9.10. The Morgan fingerprint density at radius 1 is 1.25 bits per heavy atom. The molecule has 0 spiro atoms. The maximum atomic E-state index is 6.01. The van der Waals surface area contributed by atoms with Crippen LogP contribution in [0.2, 0.25) is 5.02 Å². The molecule has 1 heterocycles. The minimum absolute atomic E-state index is 0.676. The van der Waals surface area contributed by atoms with E-state index in [9.17, 15) is 0 Å². The smallest absolute Gasteiger partial charge is 0.192 e. The zero-order valence-electron chi connectivity index (χ0n) is 10.8. The van der Waals surface area contributed by atoms with Gasteiger partial charge in [0.15, 0.2) is 11.5 Å². The predicted molar refractivity (Wildman–Crippen MR) is 85.2 cm³/mol. The van der Waals surface area contributed by atoms with Gasteiger partial charge in [-0.25, -0.2) is 4.98 Å². The fourth-order valence-electron chi connectivity index (χ4n) is 2.03. The third-order valence-electron chi connectivity index (χ3n) is 2.99. The Kier molecular flexibility index (Phi) is 3.68. The largest absolute Gasteiger partial charge is 0.441 e. The number of hydrogen-bond acceptors (Lipinski definition) is 3. The molecular weight excluding hydrogens is 340 g/mol. The maximum Gasteiger partial charge on any atom is 0.192 e. The lowest BCUT2D eigenvalue weighted by Gasteiger charge is -2.08. The van der Waals surface area contributed by atoms with Crippen molar-refractivity contribution in [1.29, 1.82) is 0 Å². The van der Waals surface area contributed by atoms with Crippen LogP contribution < -0.4 is 5.32 Å². The highest BCUT2D eigenvalue weighted by Gasteiger charge is 2.04. The van der Waals surface area contributed by atoms with Gasteiger partial charge in [-0.2, -0.15) is 0 Å². The molecule has 3 aromatic rings. The summed E-state index contributed by atoms with van der Waals surface area (Å²) in [5.41, 5.74) is 3.77. The fourth-order valence-corrected chi connectivity index (χ4v) is 2.61. The molecule has 0 bridgehead atoms. The minimum Gasteiger partial charge on any atom is -0.441 e. The number of aromatic nitrogens is 1. The molecule has 2 aromatic carbocycles. The molecule has 5 heteroatoms. The lowest BCUT2D eigenvalue weighted by atomic mass is 10.2. The Labute approximate surface area is 130 Å². The van der Waals surface area contributed by atoms with Crippen molar-refractivity contribution < 1.29 is 4.42 Å². The van der Waals surface area contributed by atoms with E-state index < -0.39 is 0 Å². The average molecular weight is 352 g/mol. The van der Waals surface area contributed by atoms with Crippen LogP contribution in [0, 0.1) is 6.92 Å². The first-order chi connectivity index (χ1) is 9.61. The van der Waals surface area contributed by atoms with E-state index in [-0.39, 0.29) is 0 Å². The number of halogens is 2. The van der Waals surface area contributed by atoms with Crippen LogP contribution >= 0.6 is 27.5 Å². The van der Waals surface area contributed by atoms with Crippen molar-refractivity contribution in [2.75, 3.05) is 5.32 Å². The summed E-state index contributed by atoms with van der Waals surface area (Å²) < 4.78 is 6.49. The number of nitrogens with one attached hydrogen (secondary N) is 1. The quantitative estimate of drug-likeness (QED) is 0.708. The Balaban J connectivity index is 1.80. The van der Waals surface area contributed by atoms with E-state index in [0.29, 0.717) is 12.4 Å². The number of oxazole rings is 1. The van der Waals surface area contributed by atoms with Crippen molar-refractivity contribution in [1.82, 2.24) is 4.98 Å². The second-order valence-electron chi connectivity index (χ2n) is 4.50. The average Bonchev–Trinajstić information content (AvgIpc) is 2.79. The van der Waals surface area contributed by atoms with Crippen molar-refractivity contribution in [3.8, 4) is 0 Å². The Hall–Kier alpha value is -1.52. The van der Waals surface area contributed by atoms with Gasteiger partial charge < -0.3 is 9.73 Å². The van der Waals surface area contributed by atoms with Crippen molar-refractivity contribution in [2.24, 2.45) is 0 Å². The molecule has 0 aliphatic heterocycles. The summed E-state index contributed by atoms with van der Waals surface area (Å²) in [6.07, 6.45) is 0. The van der Waals surface area contributed by atoms with E-state index in [4.69, 9.17) is 16.0 Å². The van der Waals surface area contributed by atoms with Crippen LogP contribution in [0.25, 0.3) is 11.1 Å². The first-order valence-corrected chi connectivity index (χ1v) is 7.34. The van der Waals surface area contributed by atoms with Crippen molar-refractivity contribution in [3.05, 3.63) is 57.3 Å². The normalized spacial score (nSPS) is 10.9. The second kappa shape index (κ2) is 5.46. The second-order valence-corrected chi connectivity index (χ2v) is 5.80. The summed E-state index contributed by atoms with van der Waals surface area (Å²) in [5.74, 6) is 0.676. The van der Waals surface area contributed by atoms with Crippen molar-refractivity contribution >= 4 is 44.3 Å². The van der Waals surface area contributed by atoms with E-state index >= 15 is 0 Å². The molecule has 0 aliphatic carbocycles. The van der Waals surface area contributed by atoms with E-state index in [2.05, 4.69) is 26.2 Å². The van der Waals surface area contributed by atoms with Crippen LogP contribution in [-0.2, 0) is 6.54 Å². The topological polar surface area (TPSA) is 38.1 Å². The Morgan fingerprint density at radius 2 is 2.10 bits per heavy atom. The van der Waals surface area contributed by atoms with Gasteiger partial charge in [0.05, 0.1) is 0 Å². The van der Waals surface area contributed by atoms with E-state index in [0.717, 1.165) is 31.8 Å². The van der Waals surface area contributed by atoms with Gasteiger partial charge in [0, 0.05) is 28.7 Å². The summed E-state index contributed by atoms with van der Waals surface area (Å²) in [6, 6.07) is 11.6. The number of aryl methyl sites for hydroxylation is 1. The SMILES string of the molecule is Cc1nc2cc(NCc3cc(Cl)ccc3Br)ccc2o1. The first kappa shape index (κ1) is 13.5. The number of anilines is 1. The van der Waals surface area contributed by atoms with Gasteiger partial charge in [0.25, 0.3) is 0 Å². The molecule has 3 rings (SSSR count). The Bertz CT molecular complexity index is 770. The molecule has 0 aliphatic rings. The van der Waals surface area contributed by atoms with Gasteiger partial charge in [0.2, 0.25) is 0 Å². The zero-order chi connectivity index (χ0) is 14.1. The molecule has 0 unspecified atom stereocenters. The molecule has 1 N–H and O–H groups in total. The zero-order valence-corrected chi connectivity index (χ0v) is 13.1. The van der Waals surface area contributed by atoms with Crippen molar-refractivity contribution in [2.45, 2.75) is 13.5 Å². The van der Waals surface area contributed by atoms with Gasteiger partial charge >= 0.3 is 0 Å². The standard InChI is InChI=1S/C15H12BrClN2O/c1-9-19-14-7-12(3-5-15(14)20-9)18-8-10-6-11(17)2-4-13(10)16/h2-7,18H,8H2,1H3. The molecule has 0 saturated heterocycles. The van der Waals surface area contributed by atoms with Gasteiger partial charge in [-0.15, -0.1) is 0 Å². The van der Waals surface area contributed by atoms with E-state index in [1.807, 2.05) is 43.3 Å². The lowest BCUT2D eigenvalue weighted by Crippen LogP contribution is -2.00. The predicted octanol–water partition coefficient (Wildman–Crippen LogP) is 5.16. The number of rotatable bonds is 3. The van der Waals surface area contributed by atoms with Crippen LogP contribution in [0.1, 0.15) is 11.5 Å². The highest BCUT2D eigenvalue weighted by Crippen LogP contribution is 2.24. The molecule has 0 saturated carbocycles. The van der Waals surface area contributed by atoms with Gasteiger partial charge in [-0.05, 0) is 42.0 Å². The van der Waals surface area contributed by atoms with Crippen molar-refractivity contribution in [3.63, 3.8) is 0 Å². The van der Waals surface area contributed by atoms with E-state index in [1.165, 1.54) is 0 Å².